The first kappa shape index (κ1) is 20.3. The Morgan fingerprint density at radius 1 is 1.15 bits per heavy atom. The van der Waals surface area contributed by atoms with Gasteiger partial charge in [0.2, 0.25) is 0 Å². The Morgan fingerprint density at radius 2 is 1.85 bits per heavy atom. The Labute approximate surface area is 159 Å². The molecule has 1 heterocycles. The number of hydrogen-bond acceptors (Lipinski definition) is 4. The summed E-state index contributed by atoms with van der Waals surface area (Å²) in [6.45, 7) is 6.21. The normalized spacial score (nSPS) is 11.8. The van der Waals surface area contributed by atoms with E-state index in [-0.39, 0.29) is 30.2 Å². The SMILES string of the molecule is CC(C)(C)c1ccc(C(=O)N/C(=C\c2cccnc2)C(=O)NCCO)cc1. The van der Waals surface area contributed by atoms with Crippen LogP contribution >= 0.6 is 0 Å². The first-order chi connectivity index (χ1) is 12.8. The molecule has 0 saturated heterocycles. The second-order valence-corrected chi connectivity index (χ2v) is 7.11. The number of hydrogen-bond donors (Lipinski definition) is 3. The molecule has 0 unspecified atom stereocenters. The number of rotatable bonds is 6. The van der Waals surface area contributed by atoms with E-state index in [0.29, 0.717) is 11.1 Å². The number of nitrogens with zero attached hydrogens (tertiary/aromatic N) is 1. The van der Waals surface area contributed by atoms with Crippen molar-refractivity contribution in [1.29, 1.82) is 0 Å². The van der Waals surface area contributed by atoms with Gasteiger partial charge in [0.05, 0.1) is 6.61 Å². The van der Waals surface area contributed by atoms with Crippen LogP contribution in [0.3, 0.4) is 0 Å². The van der Waals surface area contributed by atoms with Gasteiger partial charge in [0.15, 0.2) is 0 Å². The van der Waals surface area contributed by atoms with Crippen LogP contribution in [0.15, 0.2) is 54.5 Å². The number of pyridine rings is 1. The molecule has 1 aromatic carbocycles. The zero-order chi connectivity index (χ0) is 19.9. The molecule has 27 heavy (non-hydrogen) atoms. The molecule has 0 atom stereocenters. The number of aromatic nitrogens is 1. The summed E-state index contributed by atoms with van der Waals surface area (Å²) in [5.74, 6) is -0.864. The van der Waals surface area contributed by atoms with Crippen LogP contribution in [0.1, 0.15) is 42.3 Å². The highest BCUT2D eigenvalue weighted by Crippen LogP contribution is 2.22. The van der Waals surface area contributed by atoms with Crippen LogP contribution in [-0.4, -0.2) is 35.1 Å². The lowest BCUT2D eigenvalue weighted by Gasteiger charge is -2.19. The summed E-state index contributed by atoms with van der Waals surface area (Å²) in [5.41, 5.74) is 2.32. The molecule has 0 spiro atoms. The minimum absolute atomic E-state index is 0.00937. The number of benzene rings is 1. The van der Waals surface area contributed by atoms with Gasteiger partial charge in [-0.05, 0) is 40.8 Å². The molecule has 0 aliphatic carbocycles. The van der Waals surface area contributed by atoms with Crippen molar-refractivity contribution in [2.45, 2.75) is 26.2 Å². The highest BCUT2D eigenvalue weighted by molar-refractivity contribution is 6.05. The van der Waals surface area contributed by atoms with Crippen molar-refractivity contribution >= 4 is 17.9 Å². The third-order valence-electron chi connectivity index (χ3n) is 3.90. The molecule has 2 amide bonds. The van der Waals surface area contributed by atoms with Crippen LogP contribution < -0.4 is 10.6 Å². The number of nitrogens with one attached hydrogen (secondary N) is 2. The fraction of sp³-hybridized carbons (Fsp3) is 0.286. The Kier molecular flexibility index (Phi) is 6.85. The van der Waals surface area contributed by atoms with Crippen LogP contribution in [0, 0.1) is 0 Å². The summed E-state index contributed by atoms with van der Waals surface area (Å²) in [6, 6.07) is 10.8. The van der Waals surface area contributed by atoms with Crippen molar-refractivity contribution < 1.29 is 14.7 Å². The molecule has 3 N–H and O–H groups in total. The Balaban J connectivity index is 2.22. The van der Waals surface area contributed by atoms with Gasteiger partial charge < -0.3 is 15.7 Å². The molecule has 6 heteroatoms. The van der Waals surface area contributed by atoms with Gasteiger partial charge in [0, 0.05) is 24.5 Å². The molecule has 0 bridgehead atoms. The van der Waals surface area contributed by atoms with Crippen LogP contribution in [0.4, 0.5) is 0 Å². The monoisotopic (exact) mass is 367 g/mol. The molecule has 2 rings (SSSR count). The minimum Gasteiger partial charge on any atom is -0.395 e. The second kappa shape index (κ2) is 9.09. The number of carbonyl (C=O) groups is 2. The Hall–Kier alpha value is -2.99. The topological polar surface area (TPSA) is 91.3 Å². The number of aliphatic hydroxyl groups excluding tert-OH is 1. The molecule has 0 radical (unpaired) electrons. The zero-order valence-corrected chi connectivity index (χ0v) is 15.8. The molecule has 0 aliphatic heterocycles. The van der Waals surface area contributed by atoms with Gasteiger partial charge in [0.1, 0.15) is 5.70 Å². The van der Waals surface area contributed by atoms with Gasteiger partial charge in [-0.2, -0.15) is 0 Å². The Morgan fingerprint density at radius 3 is 2.41 bits per heavy atom. The molecule has 2 aromatic rings. The molecule has 0 fully saturated rings. The fourth-order valence-electron chi connectivity index (χ4n) is 2.37. The van der Waals surface area contributed by atoms with Crippen molar-refractivity contribution in [2.75, 3.05) is 13.2 Å². The summed E-state index contributed by atoms with van der Waals surface area (Å²) in [7, 11) is 0. The van der Waals surface area contributed by atoms with Crippen LogP contribution in [0.2, 0.25) is 0 Å². The predicted octanol–water partition coefficient (Wildman–Crippen LogP) is 2.26. The van der Waals surface area contributed by atoms with E-state index in [9.17, 15) is 9.59 Å². The summed E-state index contributed by atoms with van der Waals surface area (Å²) < 4.78 is 0. The van der Waals surface area contributed by atoms with Gasteiger partial charge in [-0.1, -0.05) is 39.0 Å². The lowest BCUT2D eigenvalue weighted by Crippen LogP contribution is -2.36. The van der Waals surface area contributed by atoms with Crippen molar-refractivity contribution in [3.8, 4) is 0 Å². The maximum absolute atomic E-state index is 12.6. The van der Waals surface area contributed by atoms with Crippen molar-refractivity contribution in [2.24, 2.45) is 0 Å². The lowest BCUT2D eigenvalue weighted by molar-refractivity contribution is -0.117. The Bertz CT molecular complexity index is 807. The third kappa shape index (κ3) is 6.04. The minimum atomic E-state index is -0.479. The largest absolute Gasteiger partial charge is 0.395 e. The zero-order valence-electron chi connectivity index (χ0n) is 15.8. The smallest absolute Gasteiger partial charge is 0.267 e. The first-order valence-corrected chi connectivity index (χ1v) is 8.74. The van der Waals surface area contributed by atoms with Crippen LogP contribution in [-0.2, 0) is 10.2 Å². The van der Waals surface area contributed by atoms with E-state index in [1.807, 2.05) is 12.1 Å². The van der Waals surface area contributed by atoms with Gasteiger partial charge in [0.25, 0.3) is 11.8 Å². The standard InChI is InChI=1S/C21H25N3O3/c1-21(2,3)17-8-6-16(7-9-17)19(26)24-18(20(27)23-11-12-25)13-15-5-4-10-22-14-15/h4-10,13-14,25H,11-12H2,1-3H3,(H,23,27)(H,24,26)/b18-13-. The quantitative estimate of drug-likeness (QED) is 0.683. The number of amides is 2. The molecule has 142 valence electrons. The lowest BCUT2D eigenvalue weighted by atomic mass is 9.87. The van der Waals surface area contributed by atoms with Gasteiger partial charge in [-0.15, -0.1) is 0 Å². The summed E-state index contributed by atoms with van der Waals surface area (Å²) in [6.07, 6.45) is 4.75. The van der Waals surface area contributed by atoms with Gasteiger partial charge in [-0.25, -0.2) is 0 Å². The van der Waals surface area contributed by atoms with Crippen LogP contribution in [0.5, 0.6) is 0 Å². The maximum atomic E-state index is 12.6. The average molecular weight is 367 g/mol. The molecule has 0 aliphatic rings. The summed E-state index contributed by atoms with van der Waals surface area (Å²) in [4.78, 5) is 28.9. The van der Waals surface area contributed by atoms with E-state index in [0.717, 1.165) is 5.56 Å². The number of carbonyl (C=O) groups excluding carboxylic acids is 2. The molecule has 0 saturated carbocycles. The third-order valence-corrected chi connectivity index (χ3v) is 3.90. The van der Waals surface area contributed by atoms with E-state index < -0.39 is 5.91 Å². The molecule has 6 nitrogen and oxygen atoms in total. The molecule has 1 aromatic heterocycles. The van der Waals surface area contributed by atoms with E-state index in [2.05, 4.69) is 36.4 Å². The van der Waals surface area contributed by atoms with Gasteiger partial charge >= 0.3 is 0 Å². The van der Waals surface area contributed by atoms with E-state index in [4.69, 9.17) is 5.11 Å². The van der Waals surface area contributed by atoms with E-state index in [1.165, 1.54) is 0 Å². The van der Waals surface area contributed by atoms with Crippen molar-refractivity contribution in [3.05, 3.63) is 71.2 Å². The first-order valence-electron chi connectivity index (χ1n) is 8.74. The predicted molar refractivity (Wildman–Crippen MR) is 105 cm³/mol. The van der Waals surface area contributed by atoms with E-state index in [1.54, 1.807) is 42.7 Å². The summed E-state index contributed by atoms with van der Waals surface area (Å²) in [5, 5.41) is 14.1. The highest BCUT2D eigenvalue weighted by atomic mass is 16.3. The van der Waals surface area contributed by atoms with Gasteiger partial charge in [-0.3, -0.25) is 14.6 Å². The average Bonchev–Trinajstić information content (AvgIpc) is 2.65. The molecular formula is C21H25N3O3. The van der Waals surface area contributed by atoms with Crippen molar-refractivity contribution in [1.82, 2.24) is 15.6 Å². The highest BCUT2D eigenvalue weighted by Gasteiger charge is 2.17. The maximum Gasteiger partial charge on any atom is 0.267 e. The second-order valence-electron chi connectivity index (χ2n) is 7.11. The van der Waals surface area contributed by atoms with Crippen LogP contribution in [0.25, 0.3) is 6.08 Å². The summed E-state index contributed by atoms with van der Waals surface area (Å²) >= 11 is 0. The fourth-order valence-corrected chi connectivity index (χ4v) is 2.37. The number of aliphatic hydroxyl groups is 1. The molecular weight excluding hydrogens is 342 g/mol. The van der Waals surface area contributed by atoms with Crippen molar-refractivity contribution in [3.63, 3.8) is 0 Å². The van der Waals surface area contributed by atoms with E-state index >= 15 is 0 Å².